The molecule has 0 aliphatic carbocycles. The normalized spacial score (nSPS) is 30.0. The van der Waals surface area contributed by atoms with Gasteiger partial charge in [-0.25, -0.2) is 0 Å². The SMILES string of the molecule is Cc1cccc(C)c1N1C/C=C\CCC(=O)NC[C@@H](c2ccccc2)OC(=O)[C@@H]2[C@@H]3C=C[C@]4(O3)[C@H](C1=O)N(CCCCCO)C(=O)[C@@H]24. The van der Waals surface area contributed by atoms with E-state index in [9.17, 15) is 19.5 Å². The summed E-state index contributed by atoms with van der Waals surface area (Å²) >= 11 is 0. The second kappa shape index (κ2) is 13.8. The number of carbonyl (C=O) groups excluding carboxylic acids is 4. The second-order valence-corrected chi connectivity index (χ2v) is 12.9. The summed E-state index contributed by atoms with van der Waals surface area (Å²) in [6.07, 6.45) is 8.38. The molecule has 3 amide bonds. The molecule has 10 heteroatoms. The zero-order chi connectivity index (χ0) is 33.1. The van der Waals surface area contributed by atoms with Crippen molar-refractivity contribution >= 4 is 29.4 Å². The number of esters is 1. The van der Waals surface area contributed by atoms with Crippen LogP contribution >= 0.6 is 0 Å². The number of hydrogen-bond acceptors (Lipinski definition) is 7. The predicted octanol–water partition coefficient (Wildman–Crippen LogP) is 3.70. The van der Waals surface area contributed by atoms with Crippen molar-refractivity contribution in [3.05, 3.63) is 89.5 Å². The van der Waals surface area contributed by atoms with E-state index < -0.39 is 41.7 Å². The summed E-state index contributed by atoms with van der Waals surface area (Å²) < 4.78 is 12.7. The molecule has 6 rings (SSSR count). The van der Waals surface area contributed by atoms with Crippen molar-refractivity contribution in [1.29, 1.82) is 0 Å². The highest BCUT2D eigenvalue weighted by Gasteiger charge is 2.73. The third-order valence-corrected chi connectivity index (χ3v) is 9.82. The number of aliphatic hydroxyl groups excluding tert-OH is 1. The average Bonchev–Trinajstić information content (AvgIpc) is 3.71. The summed E-state index contributed by atoms with van der Waals surface area (Å²) in [5.41, 5.74) is 1.94. The maximum absolute atomic E-state index is 15.0. The first-order chi connectivity index (χ1) is 22.8. The molecule has 248 valence electrons. The Morgan fingerprint density at radius 2 is 1.70 bits per heavy atom. The van der Waals surface area contributed by atoms with Crippen LogP contribution in [0.15, 0.2) is 72.8 Å². The fourth-order valence-electron chi connectivity index (χ4n) is 7.62. The molecule has 6 atom stereocenters. The number of fused-ring (bicyclic) bond motifs is 2. The topological polar surface area (TPSA) is 125 Å². The highest BCUT2D eigenvalue weighted by molar-refractivity contribution is 6.06. The maximum Gasteiger partial charge on any atom is 0.313 e. The summed E-state index contributed by atoms with van der Waals surface area (Å²) in [4.78, 5) is 59.7. The molecule has 2 N–H and O–H groups in total. The molecule has 2 saturated heterocycles. The zero-order valence-electron chi connectivity index (χ0n) is 27.0. The molecule has 0 radical (unpaired) electrons. The lowest BCUT2D eigenvalue weighted by atomic mass is 9.74. The van der Waals surface area contributed by atoms with Gasteiger partial charge in [0.15, 0.2) is 0 Å². The highest BCUT2D eigenvalue weighted by atomic mass is 16.6. The number of para-hydroxylation sites is 1. The molecule has 4 aliphatic heterocycles. The van der Waals surface area contributed by atoms with Gasteiger partial charge >= 0.3 is 5.97 Å². The molecule has 0 aromatic heterocycles. The van der Waals surface area contributed by atoms with Crippen LogP contribution < -0.4 is 10.2 Å². The maximum atomic E-state index is 15.0. The molecule has 10 nitrogen and oxygen atoms in total. The lowest BCUT2D eigenvalue weighted by Crippen LogP contribution is -2.56. The molecule has 0 unspecified atom stereocenters. The first-order valence-electron chi connectivity index (χ1n) is 16.6. The van der Waals surface area contributed by atoms with Crippen molar-refractivity contribution in [3.8, 4) is 0 Å². The van der Waals surface area contributed by atoms with E-state index in [0.29, 0.717) is 31.2 Å². The van der Waals surface area contributed by atoms with Crippen molar-refractivity contribution < 1.29 is 33.8 Å². The van der Waals surface area contributed by atoms with Gasteiger partial charge in [0.25, 0.3) is 5.91 Å². The Hall–Kier alpha value is -4.28. The van der Waals surface area contributed by atoms with E-state index in [-0.39, 0.29) is 50.4 Å². The monoisotopic (exact) mass is 641 g/mol. The number of amides is 3. The van der Waals surface area contributed by atoms with Crippen LogP contribution in [0.3, 0.4) is 0 Å². The quantitative estimate of drug-likeness (QED) is 0.268. The number of nitrogens with one attached hydrogen (secondary N) is 1. The molecule has 2 fully saturated rings. The van der Waals surface area contributed by atoms with Crippen LogP contribution in [0.5, 0.6) is 0 Å². The van der Waals surface area contributed by atoms with Gasteiger partial charge < -0.3 is 29.7 Å². The van der Waals surface area contributed by atoms with Crippen LogP contribution in [0.4, 0.5) is 5.69 Å². The third kappa shape index (κ3) is 6.12. The minimum atomic E-state index is -1.34. The Bertz CT molecular complexity index is 1550. The van der Waals surface area contributed by atoms with E-state index in [1.807, 2.05) is 80.6 Å². The van der Waals surface area contributed by atoms with Crippen molar-refractivity contribution in [1.82, 2.24) is 10.2 Å². The van der Waals surface area contributed by atoms with Gasteiger partial charge in [-0.3, -0.25) is 19.2 Å². The molecule has 5 bridgehead atoms. The van der Waals surface area contributed by atoms with Crippen LogP contribution in [0.25, 0.3) is 0 Å². The number of aryl methyl sites for hydroxylation is 2. The Labute approximate surface area is 275 Å². The van der Waals surface area contributed by atoms with Crippen LogP contribution in [-0.2, 0) is 28.7 Å². The number of carbonyl (C=O) groups is 4. The van der Waals surface area contributed by atoms with E-state index in [1.165, 1.54) is 0 Å². The van der Waals surface area contributed by atoms with Gasteiger partial charge in [-0.2, -0.15) is 0 Å². The fraction of sp³-hybridized carbons (Fsp3) is 0.459. The van der Waals surface area contributed by atoms with Gasteiger partial charge in [-0.15, -0.1) is 0 Å². The molecule has 2 aromatic rings. The number of aliphatic hydroxyl groups is 1. The van der Waals surface area contributed by atoms with Gasteiger partial charge in [0.05, 0.1) is 18.6 Å². The summed E-state index contributed by atoms with van der Waals surface area (Å²) in [5.74, 6) is -3.31. The minimum absolute atomic E-state index is 0.0417. The molecule has 2 aromatic carbocycles. The first kappa shape index (κ1) is 32.7. The van der Waals surface area contributed by atoms with E-state index >= 15 is 4.79 Å². The van der Waals surface area contributed by atoms with Gasteiger partial charge in [-0.05, 0) is 56.2 Å². The molecule has 47 heavy (non-hydrogen) atoms. The first-order valence-corrected chi connectivity index (χ1v) is 16.6. The van der Waals surface area contributed by atoms with Gasteiger partial charge in [0, 0.05) is 31.8 Å². The summed E-state index contributed by atoms with van der Waals surface area (Å²) in [6.45, 7) is 4.53. The van der Waals surface area contributed by atoms with E-state index in [0.717, 1.165) is 16.8 Å². The standard InChI is InChI=1S/C37H43N3O7/c1-24-13-12-14-25(2)32(24)39-20-9-4-8-17-29(42)38-23-28(26-15-6-3-7-16-26)46-36(45)30-27-18-19-37(47-27)31(30)34(43)40(33(37)35(39)44)21-10-5-11-22-41/h3-4,6-7,9,12-16,18-19,27-28,30-31,33,41H,5,8,10-11,17,20-23H2,1-2H3,(H,38,42)/b9-4-/t27-,28-,30+,31+,33-,37+/m0/s1. The summed E-state index contributed by atoms with van der Waals surface area (Å²) in [7, 11) is 0. The number of cyclic esters (lactones) is 1. The van der Waals surface area contributed by atoms with E-state index in [4.69, 9.17) is 9.47 Å². The number of rotatable bonds is 7. The van der Waals surface area contributed by atoms with Crippen molar-refractivity contribution in [2.24, 2.45) is 11.8 Å². The van der Waals surface area contributed by atoms with Gasteiger partial charge in [0.2, 0.25) is 11.8 Å². The van der Waals surface area contributed by atoms with E-state index in [2.05, 4.69) is 5.32 Å². The lowest BCUT2D eigenvalue weighted by Gasteiger charge is -2.36. The van der Waals surface area contributed by atoms with Crippen molar-refractivity contribution in [3.63, 3.8) is 0 Å². The summed E-state index contributed by atoms with van der Waals surface area (Å²) in [6, 6.07) is 14.0. The Morgan fingerprint density at radius 3 is 2.45 bits per heavy atom. The van der Waals surface area contributed by atoms with Crippen LogP contribution in [0.1, 0.15) is 54.9 Å². The van der Waals surface area contributed by atoms with Gasteiger partial charge in [-0.1, -0.05) is 72.8 Å². The lowest BCUT2D eigenvalue weighted by molar-refractivity contribution is -0.159. The number of nitrogens with zero attached hydrogens (tertiary/aromatic N) is 2. The number of anilines is 1. The molecule has 1 spiro atoms. The number of hydrogen-bond donors (Lipinski definition) is 2. The van der Waals surface area contributed by atoms with Crippen molar-refractivity contribution in [2.45, 2.75) is 69.8 Å². The Balaban J connectivity index is 1.43. The van der Waals surface area contributed by atoms with Crippen molar-refractivity contribution in [2.75, 3.05) is 31.1 Å². The largest absolute Gasteiger partial charge is 0.455 e. The predicted molar refractivity (Wildman–Crippen MR) is 175 cm³/mol. The Kier molecular flexibility index (Phi) is 9.61. The number of ether oxygens (including phenoxy) is 2. The van der Waals surface area contributed by atoms with Crippen LogP contribution in [0, 0.1) is 25.7 Å². The number of allylic oxidation sites excluding steroid dienone is 1. The molecule has 0 saturated carbocycles. The Morgan fingerprint density at radius 1 is 0.936 bits per heavy atom. The molecule has 4 heterocycles. The average molecular weight is 642 g/mol. The number of benzene rings is 2. The summed E-state index contributed by atoms with van der Waals surface area (Å²) in [5, 5.41) is 12.3. The van der Waals surface area contributed by atoms with E-state index in [1.54, 1.807) is 15.9 Å². The smallest absolute Gasteiger partial charge is 0.313 e. The molecule has 4 aliphatic rings. The number of unbranched alkanes of at least 4 members (excludes halogenated alkanes) is 2. The second-order valence-electron chi connectivity index (χ2n) is 12.9. The van der Waals surface area contributed by atoms with Crippen LogP contribution in [0.2, 0.25) is 0 Å². The third-order valence-electron chi connectivity index (χ3n) is 9.82. The highest BCUT2D eigenvalue weighted by Crippen LogP contribution is 2.56. The molecular weight excluding hydrogens is 598 g/mol. The molecular formula is C37H43N3O7. The zero-order valence-corrected chi connectivity index (χ0v) is 27.0. The van der Waals surface area contributed by atoms with Crippen LogP contribution in [-0.4, -0.2) is 77.7 Å². The number of likely N-dealkylation sites (tertiary alicyclic amines) is 1. The van der Waals surface area contributed by atoms with Gasteiger partial charge in [0.1, 0.15) is 23.7 Å². The minimum Gasteiger partial charge on any atom is -0.455 e. The fourth-order valence-corrected chi connectivity index (χ4v) is 7.62.